The SMILES string of the molecule is Cc1noc(C)c1C1CC(=O)OC(=O)C1. The molecular weight excluding hydrogens is 198 g/mol. The van der Waals surface area contributed by atoms with Crippen molar-refractivity contribution in [2.45, 2.75) is 32.6 Å². The lowest BCUT2D eigenvalue weighted by Crippen LogP contribution is -2.24. The van der Waals surface area contributed by atoms with Gasteiger partial charge in [-0.2, -0.15) is 0 Å². The number of esters is 2. The monoisotopic (exact) mass is 209 g/mol. The zero-order valence-corrected chi connectivity index (χ0v) is 8.57. The van der Waals surface area contributed by atoms with E-state index in [1.807, 2.05) is 0 Å². The molecule has 0 N–H and O–H groups in total. The van der Waals surface area contributed by atoms with Crippen LogP contribution < -0.4 is 0 Å². The number of aryl methyl sites for hydroxylation is 2. The van der Waals surface area contributed by atoms with E-state index in [1.165, 1.54) is 0 Å². The Hall–Kier alpha value is -1.65. The van der Waals surface area contributed by atoms with Gasteiger partial charge in [-0.25, -0.2) is 0 Å². The first-order valence-electron chi connectivity index (χ1n) is 4.74. The van der Waals surface area contributed by atoms with Gasteiger partial charge in [0.1, 0.15) is 5.76 Å². The third kappa shape index (κ3) is 1.77. The Morgan fingerprint density at radius 3 is 2.27 bits per heavy atom. The van der Waals surface area contributed by atoms with Gasteiger partial charge in [0.15, 0.2) is 0 Å². The predicted molar refractivity (Wildman–Crippen MR) is 49.1 cm³/mol. The molecule has 0 saturated carbocycles. The highest BCUT2D eigenvalue weighted by atomic mass is 16.6. The van der Waals surface area contributed by atoms with Crippen molar-refractivity contribution in [3.05, 3.63) is 17.0 Å². The lowest BCUT2D eigenvalue weighted by atomic mass is 9.90. The van der Waals surface area contributed by atoms with Crippen molar-refractivity contribution >= 4 is 11.9 Å². The standard InChI is InChI=1S/C10H11NO4/c1-5-10(6(2)15-11-5)7-3-8(12)14-9(13)4-7/h7H,3-4H2,1-2H3. The summed E-state index contributed by atoms with van der Waals surface area (Å²) >= 11 is 0. The van der Waals surface area contributed by atoms with Gasteiger partial charge >= 0.3 is 11.9 Å². The fraction of sp³-hybridized carbons (Fsp3) is 0.500. The molecule has 1 fully saturated rings. The second-order valence-corrected chi connectivity index (χ2v) is 3.69. The Bertz CT molecular complexity index is 386. The number of nitrogens with zero attached hydrogens (tertiary/aromatic N) is 1. The van der Waals surface area contributed by atoms with Crippen LogP contribution in [0.25, 0.3) is 0 Å². The van der Waals surface area contributed by atoms with Crippen LogP contribution >= 0.6 is 0 Å². The second kappa shape index (κ2) is 3.49. The molecule has 1 aliphatic heterocycles. The maximum absolute atomic E-state index is 11.1. The maximum Gasteiger partial charge on any atom is 0.314 e. The molecule has 1 aliphatic rings. The van der Waals surface area contributed by atoms with Gasteiger partial charge in [-0.05, 0) is 13.8 Å². The summed E-state index contributed by atoms with van der Waals surface area (Å²) in [6, 6.07) is 0. The number of aromatic nitrogens is 1. The number of rotatable bonds is 1. The van der Waals surface area contributed by atoms with Crippen LogP contribution in [-0.2, 0) is 14.3 Å². The van der Waals surface area contributed by atoms with E-state index in [-0.39, 0.29) is 18.8 Å². The minimum absolute atomic E-state index is 0.148. The number of cyclic esters (lactones) is 2. The molecule has 15 heavy (non-hydrogen) atoms. The summed E-state index contributed by atoms with van der Waals surface area (Å²) in [5, 5.41) is 3.80. The van der Waals surface area contributed by atoms with Crippen LogP contribution in [0.4, 0.5) is 0 Å². The van der Waals surface area contributed by atoms with Gasteiger partial charge in [0.2, 0.25) is 0 Å². The summed E-state index contributed by atoms with van der Waals surface area (Å²) in [7, 11) is 0. The zero-order chi connectivity index (χ0) is 11.0. The Balaban J connectivity index is 2.31. The summed E-state index contributed by atoms with van der Waals surface area (Å²) in [5.74, 6) is -0.433. The number of carbonyl (C=O) groups is 2. The van der Waals surface area contributed by atoms with Crippen LogP contribution in [0.15, 0.2) is 4.52 Å². The van der Waals surface area contributed by atoms with Crippen molar-refractivity contribution in [3.8, 4) is 0 Å². The van der Waals surface area contributed by atoms with E-state index in [1.54, 1.807) is 13.8 Å². The maximum atomic E-state index is 11.1. The Morgan fingerprint density at radius 1 is 1.20 bits per heavy atom. The number of carbonyl (C=O) groups excluding carboxylic acids is 2. The highest BCUT2D eigenvalue weighted by Gasteiger charge is 2.31. The molecular formula is C10H11NO4. The lowest BCUT2D eigenvalue weighted by molar-refractivity contribution is -0.163. The van der Waals surface area contributed by atoms with Crippen molar-refractivity contribution in [1.29, 1.82) is 0 Å². The molecule has 0 amide bonds. The van der Waals surface area contributed by atoms with E-state index in [2.05, 4.69) is 9.89 Å². The number of hydrogen-bond donors (Lipinski definition) is 0. The Morgan fingerprint density at radius 2 is 1.80 bits per heavy atom. The van der Waals surface area contributed by atoms with Gasteiger partial charge in [-0.3, -0.25) is 9.59 Å². The number of ether oxygens (including phenoxy) is 1. The largest absolute Gasteiger partial charge is 0.393 e. The molecule has 5 nitrogen and oxygen atoms in total. The average Bonchev–Trinajstić information content (AvgIpc) is 2.44. The van der Waals surface area contributed by atoms with Crippen molar-refractivity contribution < 1.29 is 18.8 Å². The molecule has 2 heterocycles. The smallest absolute Gasteiger partial charge is 0.314 e. The van der Waals surface area contributed by atoms with E-state index in [9.17, 15) is 9.59 Å². The summed E-state index contributed by atoms with van der Waals surface area (Å²) in [6.07, 6.45) is 0.434. The van der Waals surface area contributed by atoms with Gasteiger partial charge in [0, 0.05) is 11.5 Å². The van der Waals surface area contributed by atoms with Crippen LogP contribution in [-0.4, -0.2) is 17.1 Å². The Kier molecular flexibility index (Phi) is 2.30. The molecule has 1 aromatic heterocycles. The molecule has 0 radical (unpaired) electrons. The average molecular weight is 209 g/mol. The third-order valence-electron chi connectivity index (χ3n) is 2.55. The van der Waals surface area contributed by atoms with E-state index in [0.717, 1.165) is 11.3 Å². The molecule has 80 valence electrons. The summed E-state index contributed by atoms with van der Waals surface area (Å²) < 4.78 is 9.47. The van der Waals surface area contributed by atoms with Gasteiger partial charge < -0.3 is 9.26 Å². The first-order valence-corrected chi connectivity index (χ1v) is 4.74. The van der Waals surface area contributed by atoms with Crippen LogP contribution in [0.3, 0.4) is 0 Å². The highest BCUT2D eigenvalue weighted by Crippen LogP contribution is 2.32. The van der Waals surface area contributed by atoms with Crippen LogP contribution in [0.5, 0.6) is 0 Å². The molecule has 0 aromatic carbocycles. The molecule has 5 heteroatoms. The van der Waals surface area contributed by atoms with E-state index in [4.69, 9.17) is 4.52 Å². The second-order valence-electron chi connectivity index (χ2n) is 3.69. The Labute approximate surface area is 86.4 Å². The molecule has 0 unspecified atom stereocenters. The van der Waals surface area contributed by atoms with Crippen molar-refractivity contribution in [2.75, 3.05) is 0 Å². The van der Waals surface area contributed by atoms with Crippen LogP contribution in [0.1, 0.15) is 35.8 Å². The van der Waals surface area contributed by atoms with Gasteiger partial charge in [0.25, 0.3) is 0 Å². The molecule has 2 rings (SSSR count). The molecule has 1 aromatic rings. The van der Waals surface area contributed by atoms with Crippen molar-refractivity contribution in [2.24, 2.45) is 0 Å². The van der Waals surface area contributed by atoms with Crippen molar-refractivity contribution in [1.82, 2.24) is 5.16 Å². The molecule has 1 saturated heterocycles. The zero-order valence-electron chi connectivity index (χ0n) is 8.57. The number of hydrogen-bond acceptors (Lipinski definition) is 5. The molecule has 0 spiro atoms. The minimum atomic E-state index is -0.476. The van der Waals surface area contributed by atoms with Crippen LogP contribution in [0, 0.1) is 13.8 Å². The van der Waals surface area contributed by atoms with E-state index in [0.29, 0.717) is 5.76 Å². The first kappa shape index (κ1) is 9.89. The summed E-state index contributed by atoms with van der Waals surface area (Å²) in [6.45, 7) is 3.58. The normalized spacial score (nSPS) is 18.0. The summed E-state index contributed by atoms with van der Waals surface area (Å²) in [4.78, 5) is 22.2. The fourth-order valence-electron chi connectivity index (χ4n) is 1.96. The highest BCUT2D eigenvalue weighted by molar-refractivity contribution is 5.89. The van der Waals surface area contributed by atoms with Crippen LogP contribution in [0.2, 0.25) is 0 Å². The molecule has 0 aliphatic carbocycles. The van der Waals surface area contributed by atoms with Crippen molar-refractivity contribution in [3.63, 3.8) is 0 Å². The molecule has 0 bridgehead atoms. The first-order chi connectivity index (χ1) is 7.08. The van der Waals surface area contributed by atoms with E-state index < -0.39 is 11.9 Å². The quantitative estimate of drug-likeness (QED) is 0.514. The lowest BCUT2D eigenvalue weighted by Gasteiger charge is -2.19. The third-order valence-corrected chi connectivity index (χ3v) is 2.55. The molecule has 0 atom stereocenters. The predicted octanol–water partition coefficient (Wildman–Crippen LogP) is 1.24. The van der Waals surface area contributed by atoms with Gasteiger partial charge in [0.05, 0.1) is 18.5 Å². The van der Waals surface area contributed by atoms with E-state index >= 15 is 0 Å². The minimum Gasteiger partial charge on any atom is -0.393 e. The fourth-order valence-corrected chi connectivity index (χ4v) is 1.96. The summed E-state index contributed by atoms with van der Waals surface area (Å²) in [5.41, 5.74) is 1.60. The topological polar surface area (TPSA) is 69.4 Å². The van der Waals surface area contributed by atoms with Gasteiger partial charge in [-0.15, -0.1) is 0 Å². The van der Waals surface area contributed by atoms with Gasteiger partial charge in [-0.1, -0.05) is 5.16 Å².